The van der Waals surface area contributed by atoms with Crippen molar-refractivity contribution in [1.82, 2.24) is 19.8 Å². The summed E-state index contributed by atoms with van der Waals surface area (Å²) >= 11 is 0. The molecule has 1 unspecified atom stereocenters. The third-order valence-corrected chi connectivity index (χ3v) is 5.84. The number of aromatic nitrogens is 2. The Hall–Kier alpha value is -3.48. The fourth-order valence-corrected chi connectivity index (χ4v) is 4.31. The summed E-state index contributed by atoms with van der Waals surface area (Å²) < 4.78 is 2.14. The molecule has 0 bridgehead atoms. The van der Waals surface area contributed by atoms with E-state index in [0.29, 0.717) is 37.1 Å². The Bertz CT molecular complexity index is 1150. The number of carbonyl (C=O) groups is 3. The number of imidazole rings is 1. The maximum Gasteiger partial charge on any atom is 0.262 e. The minimum Gasteiger partial charge on any atom is -0.354 e. The van der Waals surface area contributed by atoms with Gasteiger partial charge in [0, 0.05) is 13.1 Å². The van der Waals surface area contributed by atoms with Gasteiger partial charge in [-0.1, -0.05) is 38.1 Å². The molecule has 3 aromatic rings. The van der Waals surface area contributed by atoms with E-state index in [1.807, 2.05) is 45.0 Å². The number of fused-ring (bicyclic) bond motifs is 2. The number of rotatable bonds is 8. The molecule has 4 rings (SSSR count). The maximum absolute atomic E-state index is 13.1. The Kier molecular flexibility index (Phi) is 6.08. The van der Waals surface area contributed by atoms with E-state index >= 15 is 0 Å². The molecule has 0 spiro atoms. The molecule has 1 atom stereocenters. The van der Waals surface area contributed by atoms with Crippen molar-refractivity contribution in [2.75, 3.05) is 6.54 Å². The lowest BCUT2D eigenvalue weighted by Crippen LogP contribution is -2.50. The standard InChI is InChI=1S/C25H28N4O3/c1-16(2)15-22(29-24(31)18-9-4-5-10-19(18)25(29)32)23(30)26-13-8-14-28-17(3)27-20-11-6-7-12-21(20)28/h4-7,9-12,16,22H,8,13-15H2,1-3H3,(H,26,30). The van der Waals surface area contributed by atoms with Gasteiger partial charge in [-0.15, -0.1) is 0 Å². The number of imide groups is 1. The number of benzene rings is 2. The zero-order valence-electron chi connectivity index (χ0n) is 18.7. The van der Waals surface area contributed by atoms with Crippen LogP contribution in [0.1, 0.15) is 53.2 Å². The number of hydrogen-bond acceptors (Lipinski definition) is 4. The van der Waals surface area contributed by atoms with Crippen molar-refractivity contribution < 1.29 is 14.4 Å². The Balaban J connectivity index is 1.42. The summed E-state index contributed by atoms with van der Waals surface area (Å²) in [5, 5.41) is 2.94. The summed E-state index contributed by atoms with van der Waals surface area (Å²) in [4.78, 5) is 44.6. The minimum atomic E-state index is -0.821. The molecule has 0 aliphatic carbocycles. The molecule has 32 heavy (non-hydrogen) atoms. The second-order valence-electron chi connectivity index (χ2n) is 8.62. The molecule has 2 aromatic carbocycles. The van der Waals surface area contributed by atoms with Crippen LogP contribution < -0.4 is 5.32 Å². The van der Waals surface area contributed by atoms with Gasteiger partial charge in [0.05, 0.1) is 22.2 Å². The Morgan fingerprint density at radius 3 is 2.28 bits per heavy atom. The van der Waals surface area contributed by atoms with Gasteiger partial charge in [-0.2, -0.15) is 0 Å². The molecule has 3 amide bonds. The molecule has 1 aliphatic heterocycles. The zero-order valence-corrected chi connectivity index (χ0v) is 18.7. The van der Waals surface area contributed by atoms with Crippen molar-refractivity contribution in [2.24, 2.45) is 5.92 Å². The molecule has 1 aliphatic rings. The number of nitrogens with zero attached hydrogens (tertiary/aromatic N) is 3. The molecular formula is C25H28N4O3. The topological polar surface area (TPSA) is 84.3 Å². The van der Waals surface area contributed by atoms with Gasteiger partial charge in [0.2, 0.25) is 5.91 Å². The van der Waals surface area contributed by atoms with Crippen LogP contribution in [0.25, 0.3) is 11.0 Å². The van der Waals surface area contributed by atoms with Crippen molar-refractivity contribution in [1.29, 1.82) is 0 Å². The molecular weight excluding hydrogens is 404 g/mol. The molecule has 0 radical (unpaired) electrons. The summed E-state index contributed by atoms with van der Waals surface area (Å²) in [7, 11) is 0. The van der Waals surface area contributed by atoms with Gasteiger partial charge in [-0.3, -0.25) is 19.3 Å². The summed E-state index contributed by atoms with van der Waals surface area (Å²) in [5.41, 5.74) is 2.75. The van der Waals surface area contributed by atoms with Crippen molar-refractivity contribution in [3.8, 4) is 0 Å². The second kappa shape index (κ2) is 8.94. The predicted molar refractivity (Wildman–Crippen MR) is 122 cm³/mol. The first-order valence-corrected chi connectivity index (χ1v) is 11.0. The molecule has 0 saturated heterocycles. The van der Waals surface area contributed by atoms with Crippen LogP contribution in [0.5, 0.6) is 0 Å². The van der Waals surface area contributed by atoms with E-state index in [2.05, 4.69) is 14.9 Å². The summed E-state index contributed by atoms with van der Waals surface area (Å²) in [6.07, 6.45) is 1.13. The monoisotopic (exact) mass is 432 g/mol. The average Bonchev–Trinajstić information content (AvgIpc) is 3.22. The third-order valence-electron chi connectivity index (χ3n) is 5.84. The highest BCUT2D eigenvalue weighted by atomic mass is 16.2. The predicted octanol–water partition coefficient (Wildman–Crippen LogP) is 3.56. The first-order chi connectivity index (χ1) is 15.4. The second-order valence-corrected chi connectivity index (χ2v) is 8.62. The summed E-state index contributed by atoms with van der Waals surface area (Å²) in [6, 6.07) is 13.9. The van der Waals surface area contributed by atoms with E-state index < -0.39 is 17.9 Å². The SMILES string of the molecule is Cc1nc2ccccc2n1CCCNC(=O)C(CC(C)C)N1C(=O)c2ccccc2C1=O. The highest BCUT2D eigenvalue weighted by Crippen LogP contribution is 2.27. The lowest BCUT2D eigenvalue weighted by Gasteiger charge is -2.26. The Labute approximate surface area is 187 Å². The van der Waals surface area contributed by atoms with Gasteiger partial charge >= 0.3 is 0 Å². The molecule has 0 fully saturated rings. The number of amides is 3. The van der Waals surface area contributed by atoms with Crippen LogP contribution in [0.4, 0.5) is 0 Å². The van der Waals surface area contributed by atoms with Crippen LogP contribution in [-0.4, -0.2) is 44.8 Å². The molecule has 166 valence electrons. The van der Waals surface area contributed by atoms with E-state index in [-0.39, 0.29) is 11.8 Å². The van der Waals surface area contributed by atoms with E-state index in [0.717, 1.165) is 21.8 Å². The van der Waals surface area contributed by atoms with Crippen molar-refractivity contribution in [2.45, 2.75) is 46.2 Å². The van der Waals surface area contributed by atoms with Crippen LogP contribution in [0.2, 0.25) is 0 Å². The van der Waals surface area contributed by atoms with Gasteiger partial charge < -0.3 is 9.88 Å². The summed E-state index contributed by atoms with van der Waals surface area (Å²) in [6.45, 7) is 7.09. The van der Waals surface area contributed by atoms with Gasteiger partial charge in [0.15, 0.2) is 0 Å². The fourth-order valence-electron chi connectivity index (χ4n) is 4.31. The largest absolute Gasteiger partial charge is 0.354 e. The van der Waals surface area contributed by atoms with Crippen molar-refractivity contribution in [3.05, 3.63) is 65.5 Å². The van der Waals surface area contributed by atoms with Crippen LogP contribution in [0, 0.1) is 12.8 Å². The number of carbonyl (C=O) groups excluding carboxylic acids is 3. The maximum atomic E-state index is 13.1. The van der Waals surface area contributed by atoms with Gasteiger partial charge in [-0.25, -0.2) is 4.98 Å². The van der Waals surface area contributed by atoms with E-state index in [1.165, 1.54) is 0 Å². The normalized spacial score (nSPS) is 14.3. The average molecular weight is 433 g/mol. The van der Waals surface area contributed by atoms with Crippen LogP contribution in [0.15, 0.2) is 48.5 Å². The molecule has 7 nitrogen and oxygen atoms in total. The first-order valence-electron chi connectivity index (χ1n) is 11.0. The molecule has 2 heterocycles. The summed E-state index contributed by atoms with van der Waals surface area (Å²) in [5.74, 6) is -0.00417. The quantitative estimate of drug-likeness (QED) is 0.436. The Morgan fingerprint density at radius 2 is 1.62 bits per heavy atom. The van der Waals surface area contributed by atoms with E-state index in [4.69, 9.17) is 0 Å². The smallest absolute Gasteiger partial charge is 0.262 e. The molecule has 0 saturated carbocycles. The van der Waals surface area contributed by atoms with Gasteiger partial charge in [0.25, 0.3) is 11.8 Å². The van der Waals surface area contributed by atoms with E-state index in [1.54, 1.807) is 24.3 Å². The highest BCUT2D eigenvalue weighted by molar-refractivity contribution is 6.22. The molecule has 7 heteroatoms. The number of hydrogen-bond donors (Lipinski definition) is 1. The Morgan fingerprint density at radius 1 is 1.00 bits per heavy atom. The first kappa shape index (κ1) is 21.7. The molecule has 1 aromatic heterocycles. The lowest BCUT2D eigenvalue weighted by atomic mass is 10.0. The number of para-hydroxylation sites is 2. The zero-order chi connectivity index (χ0) is 22.8. The fraction of sp³-hybridized carbons (Fsp3) is 0.360. The minimum absolute atomic E-state index is 0.148. The van der Waals surface area contributed by atoms with Crippen molar-refractivity contribution >= 4 is 28.8 Å². The van der Waals surface area contributed by atoms with E-state index in [9.17, 15) is 14.4 Å². The number of nitrogens with one attached hydrogen (secondary N) is 1. The van der Waals surface area contributed by atoms with Crippen LogP contribution in [0.3, 0.4) is 0 Å². The highest BCUT2D eigenvalue weighted by Gasteiger charge is 2.42. The van der Waals surface area contributed by atoms with Gasteiger partial charge in [0.1, 0.15) is 11.9 Å². The van der Waals surface area contributed by atoms with Crippen LogP contribution >= 0.6 is 0 Å². The van der Waals surface area contributed by atoms with Crippen LogP contribution in [-0.2, 0) is 11.3 Å². The molecule has 1 N–H and O–H groups in total. The van der Waals surface area contributed by atoms with Gasteiger partial charge in [-0.05, 0) is 49.9 Å². The lowest BCUT2D eigenvalue weighted by molar-refractivity contribution is -0.125. The van der Waals surface area contributed by atoms with Crippen molar-refractivity contribution in [3.63, 3.8) is 0 Å². The number of aryl methyl sites for hydroxylation is 2. The third kappa shape index (κ3) is 4.02.